The molecule has 4 N–H and O–H groups in total. The minimum absolute atomic E-state index is 0.0471. The number of hydrogen-bond acceptors (Lipinski definition) is 8. The van der Waals surface area contributed by atoms with Crippen LogP contribution in [0.25, 0.3) is 0 Å². The summed E-state index contributed by atoms with van der Waals surface area (Å²) in [7, 11) is -4.02. The lowest BCUT2D eigenvalue weighted by atomic mass is 10.1. The van der Waals surface area contributed by atoms with Crippen molar-refractivity contribution in [3.05, 3.63) is 185 Å². The Bertz CT molecular complexity index is 2250. The van der Waals surface area contributed by atoms with Crippen LogP contribution in [-0.4, -0.2) is 42.6 Å². The molecule has 0 unspecified atom stereocenters. The average molecular weight is 743 g/mol. The molecule has 6 aromatic carbocycles. The monoisotopic (exact) mass is 742 g/mol. The quantitative estimate of drug-likeness (QED) is 0.0801. The van der Waals surface area contributed by atoms with Crippen LogP contribution in [0.15, 0.2) is 161 Å². The fourth-order valence-corrected chi connectivity index (χ4v) is 7.32. The highest BCUT2D eigenvalue weighted by molar-refractivity contribution is 7.91. The average Bonchev–Trinajstić information content (AvgIpc) is 3.20. The van der Waals surface area contributed by atoms with Crippen molar-refractivity contribution in [2.75, 3.05) is 18.8 Å². The van der Waals surface area contributed by atoms with Crippen LogP contribution in [0, 0.1) is 0 Å². The Morgan fingerprint density at radius 3 is 1.76 bits per heavy atom. The van der Waals surface area contributed by atoms with Crippen LogP contribution in [0.4, 0.5) is 5.69 Å². The predicted molar refractivity (Wildman–Crippen MR) is 208 cm³/mol. The first-order valence-electron chi connectivity index (χ1n) is 17.5. The molecule has 0 heterocycles. The second kappa shape index (κ2) is 17.7. The van der Waals surface area contributed by atoms with Gasteiger partial charge in [-0.1, -0.05) is 109 Å². The molecule has 6 rings (SSSR count). The molecule has 0 saturated carbocycles. The highest BCUT2D eigenvalue weighted by atomic mass is 32.2. The molecule has 0 aliphatic heterocycles. The predicted octanol–water partition coefficient (Wildman–Crippen LogP) is 7.74. The summed E-state index contributed by atoms with van der Waals surface area (Å²) in [5, 5.41) is 21.2. The number of carboxylic acids is 1. The van der Waals surface area contributed by atoms with Gasteiger partial charge in [-0.2, -0.15) is 0 Å². The van der Waals surface area contributed by atoms with Crippen LogP contribution in [-0.2, 0) is 36.0 Å². The number of aromatic carboxylic acids is 1. The molecule has 0 aliphatic carbocycles. The zero-order valence-corrected chi connectivity index (χ0v) is 30.4. The summed E-state index contributed by atoms with van der Waals surface area (Å²) >= 11 is 0. The largest absolute Gasteiger partial charge is 0.488 e. The van der Waals surface area contributed by atoms with Gasteiger partial charge in [0.05, 0.1) is 21.6 Å². The van der Waals surface area contributed by atoms with Gasteiger partial charge >= 0.3 is 5.97 Å². The summed E-state index contributed by atoms with van der Waals surface area (Å²) in [5.74, 6) is -0.656. The van der Waals surface area contributed by atoms with Gasteiger partial charge in [-0.15, -0.1) is 0 Å². The third kappa shape index (κ3) is 9.93. The third-order valence-electron chi connectivity index (χ3n) is 9.02. The summed E-state index contributed by atoms with van der Waals surface area (Å²) in [5.41, 5.74) is 11.1. The van der Waals surface area contributed by atoms with Crippen LogP contribution in [0.3, 0.4) is 0 Å². The maximum atomic E-state index is 13.6. The SMILES string of the molecule is Nc1cc([C@H](O)CN(CCc2ccc(S(=O)(=O)c3ccc(OCc4ccccc4)c(C(=O)O)c3)cc2)Cc2ccccc2)ccc1OCc1ccccc1. The molecule has 6 aromatic rings. The van der Waals surface area contributed by atoms with Gasteiger partial charge in [0, 0.05) is 19.6 Å². The van der Waals surface area contributed by atoms with E-state index >= 15 is 0 Å². The van der Waals surface area contributed by atoms with Gasteiger partial charge < -0.3 is 25.4 Å². The maximum absolute atomic E-state index is 13.6. The maximum Gasteiger partial charge on any atom is 0.339 e. The molecule has 0 aliphatic rings. The molecular formula is C44H42N2O7S. The second-order valence-electron chi connectivity index (χ2n) is 12.9. The number of ether oxygens (including phenoxy) is 2. The van der Waals surface area contributed by atoms with E-state index in [2.05, 4.69) is 4.90 Å². The topological polar surface area (TPSA) is 139 Å². The van der Waals surface area contributed by atoms with Crippen LogP contribution in [0.5, 0.6) is 11.5 Å². The third-order valence-corrected chi connectivity index (χ3v) is 10.8. The number of nitrogens with two attached hydrogens (primary N) is 1. The molecular weight excluding hydrogens is 701 g/mol. The van der Waals surface area contributed by atoms with E-state index in [0.717, 1.165) is 28.3 Å². The van der Waals surface area contributed by atoms with Gasteiger partial charge in [-0.3, -0.25) is 4.90 Å². The standard InChI is InChI=1S/C44H42N2O7S/c45-40-26-36(18-22-43(40)53-31-35-14-8-3-9-15-35)41(47)29-46(28-33-10-4-1-5-11-33)25-24-32-16-19-37(20-17-32)54(50,51)38-21-23-42(39(27-38)44(48)49)52-30-34-12-6-2-7-13-34/h1-23,26-27,41,47H,24-25,28-31,45H2,(H,48,49)/t41-/m1/s1. The van der Waals surface area contributed by atoms with E-state index in [4.69, 9.17) is 15.2 Å². The molecule has 0 saturated heterocycles. The summed E-state index contributed by atoms with van der Waals surface area (Å²) in [6.45, 7) is 2.03. The fourth-order valence-electron chi connectivity index (χ4n) is 6.03. The van der Waals surface area contributed by atoms with E-state index in [1.165, 1.54) is 24.3 Å². The van der Waals surface area contributed by atoms with Crippen molar-refractivity contribution < 1.29 is 32.9 Å². The number of aliphatic hydroxyl groups is 1. The Hall–Kier alpha value is -5.94. The van der Waals surface area contributed by atoms with E-state index in [0.29, 0.717) is 49.7 Å². The number of hydrogen-bond donors (Lipinski definition) is 3. The van der Waals surface area contributed by atoms with Crippen LogP contribution in [0.1, 0.15) is 44.3 Å². The van der Waals surface area contributed by atoms with Gasteiger partial charge in [0.1, 0.15) is 30.3 Å². The Morgan fingerprint density at radius 2 is 1.19 bits per heavy atom. The number of benzene rings is 6. The molecule has 0 spiro atoms. The second-order valence-corrected chi connectivity index (χ2v) is 14.9. The van der Waals surface area contributed by atoms with Gasteiger partial charge in [0.2, 0.25) is 9.84 Å². The summed E-state index contributed by atoms with van der Waals surface area (Å²) in [6, 6.07) is 44.9. The summed E-state index contributed by atoms with van der Waals surface area (Å²) in [6.07, 6.45) is -0.234. The smallest absolute Gasteiger partial charge is 0.339 e. The van der Waals surface area contributed by atoms with E-state index in [1.54, 1.807) is 24.3 Å². The Labute approximate surface area is 315 Å². The molecule has 0 radical (unpaired) electrons. The van der Waals surface area contributed by atoms with E-state index in [-0.39, 0.29) is 27.7 Å². The molecule has 10 heteroatoms. The number of rotatable bonds is 17. The molecule has 9 nitrogen and oxygen atoms in total. The van der Waals surface area contributed by atoms with Crippen molar-refractivity contribution in [1.82, 2.24) is 4.90 Å². The van der Waals surface area contributed by atoms with E-state index in [9.17, 15) is 23.4 Å². The van der Waals surface area contributed by atoms with Crippen LogP contribution >= 0.6 is 0 Å². The fraction of sp³-hybridized carbons (Fsp3) is 0.159. The number of carbonyl (C=O) groups is 1. The van der Waals surface area contributed by atoms with Gasteiger partial charge in [-0.25, -0.2) is 13.2 Å². The number of aliphatic hydroxyl groups excluding tert-OH is 1. The summed E-state index contributed by atoms with van der Waals surface area (Å²) < 4.78 is 38.8. The first-order chi connectivity index (χ1) is 26.2. The number of anilines is 1. The number of nitrogen functional groups attached to an aromatic ring is 1. The number of carboxylic acid groups (broad SMARTS) is 1. The molecule has 0 amide bonds. The minimum Gasteiger partial charge on any atom is -0.488 e. The van der Waals surface area contributed by atoms with Crippen molar-refractivity contribution in [3.63, 3.8) is 0 Å². The van der Waals surface area contributed by atoms with E-state index < -0.39 is 21.9 Å². The molecule has 54 heavy (non-hydrogen) atoms. The van der Waals surface area contributed by atoms with E-state index in [1.807, 2.05) is 97.1 Å². The molecule has 1 atom stereocenters. The Balaban J connectivity index is 1.11. The lowest BCUT2D eigenvalue weighted by Gasteiger charge is -2.26. The number of sulfone groups is 1. The van der Waals surface area contributed by atoms with Gasteiger partial charge in [0.15, 0.2) is 0 Å². The highest BCUT2D eigenvalue weighted by Gasteiger charge is 2.22. The minimum atomic E-state index is -4.02. The van der Waals surface area contributed by atoms with Crippen molar-refractivity contribution in [1.29, 1.82) is 0 Å². The van der Waals surface area contributed by atoms with Crippen molar-refractivity contribution in [2.45, 2.75) is 42.1 Å². The molecule has 0 fully saturated rings. The Kier molecular flexibility index (Phi) is 12.4. The van der Waals surface area contributed by atoms with Gasteiger partial charge in [0.25, 0.3) is 0 Å². The number of nitrogens with zero attached hydrogens (tertiary/aromatic N) is 1. The zero-order chi connectivity index (χ0) is 37.9. The lowest BCUT2D eigenvalue weighted by molar-refractivity contribution is 0.0691. The highest BCUT2D eigenvalue weighted by Crippen LogP contribution is 2.29. The van der Waals surface area contributed by atoms with Crippen LogP contribution < -0.4 is 15.2 Å². The van der Waals surface area contributed by atoms with Crippen molar-refractivity contribution in [3.8, 4) is 11.5 Å². The van der Waals surface area contributed by atoms with Crippen LogP contribution in [0.2, 0.25) is 0 Å². The molecule has 0 aromatic heterocycles. The first-order valence-corrected chi connectivity index (χ1v) is 19.0. The first kappa shape index (κ1) is 37.8. The van der Waals surface area contributed by atoms with Crippen molar-refractivity contribution in [2.24, 2.45) is 0 Å². The van der Waals surface area contributed by atoms with Gasteiger partial charge in [-0.05, 0) is 76.7 Å². The molecule has 0 bridgehead atoms. The van der Waals surface area contributed by atoms with Crippen molar-refractivity contribution >= 4 is 21.5 Å². The normalized spacial score (nSPS) is 12.0. The zero-order valence-electron chi connectivity index (χ0n) is 29.6. The summed E-state index contributed by atoms with van der Waals surface area (Å²) in [4.78, 5) is 14.1. The Morgan fingerprint density at radius 1 is 0.648 bits per heavy atom. The lowest BCUT2D eigenvalue weighted by Crippen LogP contribution is -2.30. The molecule has 276 valence electrons.